The standard InChI is InChI=1S/C17H17ClN2O5/c1-2-17(22)25-13-7-9-19(10-8-13)16(21)6-4-12-3-5-14(18)15(11-12)20(23)24/h2-6,11,13H,1,7-10H2/b6-4+. The van der Waals surface area contributed by atoms with Crippen LogP contribution in [-0.2, 0) is 14.3 Å². The van der Waals surface area contributed by atoms with Crippen LogP contribution in [0.4, 0.5) is 5.69 Å². The topological polar surface area (TPSA) is 89.8 Å². The minimum Gasteiger partial charge on any atom is -0.459 e. The maximum Gasteiger partial charge on any atom is 0.330 e. The average molecular weight is 365 g/mol. The summed E-state index contributed by atoms with van der Waals surface area (Å²) in [4.78, 5) is 35.3. The summed E-state index contributed by atoms with van der Waals surface area (Å²) >= 11 is 5.75. The Balaban J connectivity index is 1.93. The highest BCUT2D eigenvalue weighted by atomic mass is 35.5. The average Bonchev–Trinajstić information content (AvgIpc) is 2.61. The summed E-state index contributed by atoms with van der Waals surface area (Å²) in [6, 6.07) is 4.33. The molecule has 1 aromatic carbocycles. The molecule has 1 aromatic rings. The van der Waals surface area contributed by atoms with Gasteiger partial charge in [-0.3, -0.25) is 14.9 Å². The predicted octanol–water partition coefficient (Wildman–Crippen LogP) is 2.98. The molecule has 0 spiro atoms. The molecule has 0 atom stereocenters. The molecule has 0 radical (unpaired) electrons. The summed E-state index contributed by atoms with van der Waals surface area (Å²) < 4.78 is 5.16. The van der Waals surface area contributed by atoms with Gasteiger partial charge in [-0.25, -0.2) is 4.79 Å². The Morgan fingerprint density at radius 2 is 2.04 bits per heavy atom. The molecule has 0 aromatic heterocycles. The van der Waals surface area contributed by atoms with E-state index in [1.807, 2.05) is 0 Å². The zero-order valence-electron chi connectivity index (χ0n) is 13.4. The monoisotopic (exact) mass is 364 g/mol. The van der Waals surface area contributed by atoms with Gasteiger partial charge in [-0.05, 0) is 17.7 Å². The lowest BCUT2D eigenvalue weighted by molar-refractivity contribution is -0.384. The zero-order chi connectivity index (χ0) is 18.4. The van der Waals surface area contributed by atoms with Crippen molar-refractivity contribution in [3.05, 3.63) is 57.6 Å². The predicted molar refractivity (Wildman–Crippen MR) is 93.0 cm³/mol. The minimum atomic E-state index is -0.573. The highest BCUT2D eigenvalue weighted by Crippen LogP contribution is 2.25. The number of carbonyl (C=O) groups excluding carboxylic acids is 2. The number of nitro benzene ring substituents is 1. The number of carbonyl (C=O) groups is 2. The number of piperidine rings is 1. The molecule has 1 aliphatic rings. The first-order valence-electron chi connectivity index (χ1n) is 7.64. The van der Waals surface area contributed by atoms with E-state index >= 15 is 0 Å². The summed E-state index contributed by atoms with van der Waals surface area (Å²) in [5.74, 6) is -0.667. The highest BCUT2D eigenvalue weighted by molar-refractivity contribution is 6.32. The first kappa shape index (κ1) is 18.7. The van der Waals surface area contributed by atoms with Crippen LogP contribution in [0.5, 0.6) is 0 Å². The van der Waals surface area contributed by atoms with Crippen molar-refractivity contribution < 1.29 is 19.2 Å². The Morgan fingerprint density at radius 1 is 1.36 bits per heavy atom. The summed E-state index contributed by atoms with van der Waals surface area (Å²) in [6.07, 6.45) is 4.90. The van der Waals surface area contributed by atoms with E-state index in [-0.39, 0.29) is 22.7 Å². The molecule has 7 nitrogen and oxygen atoms in total. The Morgan fingerprint density at radius 3 is 2.64 bits per heavy atom. The van der Waals surface area contributed by atoms with Crippen molar-refractivity contribution in [2.24, 2.45) is 0 Å². The van der Waals surface area contributed by atoms with Crippen molar-refractivity contribution in [3.8, 4) is 0 Å². The van der Waals surface area contributed by atoms with E-state index in [0.29, 0.717) is 31.5 Å². The number of amides is 1. The van der Waals surface area contributed by atoms with Crippen molar-refractivity contribution in [1.82, 2.24) is 4.90 Å². The molecule has 132 valence electrons. The van der Waals surface area contributed by atoms with Gasteiger partial charge in [0, 0.05) is 44.1 Å². The van der Waals surface area contributed by atoms with Crippen molar-refractivity contribution in [2.45, 2.75) is 18.9 Å². The van der Waals surface area contributed by atoms with Crippen molar-refractivity contribution in [1.29, 1.82) is 0 Å². The van der Waals surface area contributed by atoms with E-state index in [9.17, 15) is 19.7 Å². The fraction of sp³-hybridized carbons (Fsp3) is 0.294. The number of halogens is 1. The van der Waals surface area contributed by atoms with Gasteiger partial charge in [0.15, 0.2) is 0 Å². The van der Waals surface area contributed by atoms with Crippen LogP contribution in [0.2, 0.25) is 5.02 Å². The molecule has 1 amide bonds. The van der Waals surface area contributed by atoms with Crippen LogP contribution < -0.4 is 0 Å². The van der Waals surface area contributed by atoms with Crippen molar-refractivity contribution in [2.75, 3.05) is 13.1 Å². The van der Waals surface area contributed by atoms with Gasteiger partial charge < -0.3 is 9.64 Å². The third-order valence-electron chi connectivity index (χ3n) is 3.79. The van der Waals surface area contributed by atoms with E-state index in [1.165, 1.54) is 24.3 Å². The number of ether oxygens (including phenoxy) is 1. The van der Waals surface area contributed by atoms with Crippen LogP contribution in [0, 0.1) is 10.1 Å². The van der Waals surface area contributed by atoms with Crippen LogP contribution >= 0.6 is 11.6 Å². The Kier molecular flexibility index (Phi) is 6.30. The first-order chi connectivity index (χ1) is 11.9. The number of nitro groups is 1. The quantitative estimate of drug-likeness (QED) is 0.347. The summed E-state index contributed by atoms with van der Waals surface area (Å²) in [7, 11) is 0. The van der Waals surface area contributed by atoms with E-state index in [0.717, 1.165) is 6.08 Å². The molecule has 1 fully saturated rings. The smallest absolute Gasteiger partial charge is 0.330 e. The first-order valence-corrected chi connectivity index (χ1v) is 8.02. The molecule has 2 rings (SSSR count). The number of rotatable bonds is 5. The van der Waals surface area contributed by atoms with Crippen LogP contribution in [0.15, 0.2) is 36.9 Å². The number of esters is 1. The number of hydrogen-bond acceptors (Lipinski definition) is 5. The van der Waals surface area contributed by atoms with Gasteiger partial charge in [0.2, 0.25) is 5.91 Å². The lowest BCUT2D eigenvalue weighted by Gasteiger charge is -2.30. The SMILES string of the molecule is C=CC(=O)OC1CCN(C(=O)/C=C/c2ccc(Cl)c([N+](=O)[O-])c2)CC1. The molecule has 1 aliphatic heterocycles. The Hall–Kier alpha value is -2.67. The number of benzene rings is 1. The maximum atomic E-state index is 12.2. The van der Waals surface area contributed by atoms with Crippen LogP contribution in [0.1, 0.15) is 18.4 Å². The fourth-order valence-electron chi connectivity index (χ4n) is 2.45. The largest absolute Gasteiger partial charge is 0.459 e. The molecule has 0 N–H and O–H groups in total. The number of likely N-dealkylation sites (tertiary alicyclic amines) is 1. The van der Waals surface area contributed by atoms with Gasteiger partial charge in [0.25, 0.3) is 5.69 Å². The molecule has 1 saturated heterocycles. The molecule has 0 bridgehead atoms. The molecule has 0 aliphatic carbocycles. The van der Waals surface area contributed by atoms with E-state index in [4.69, 9.17) is 16.3 Å². The van der Waals surface area contributed by atoms with Gasteiger partial charge in [-0.15, -0.1) is 0 Å². The molecular weight excluding hydrogens is 348 g/mol. The van der Waals surface area contributed by atoms with Gasteiger partial charge >= 0.3 is 5.97 Å². The van der Waals surface area contributed by atoms with E-state index in [2.05, 4.69) is 6.58 Å². The molecule has 8 heteroatoms. The lowest BCUT2D eigenvalue weighted by atomic mass is 10.1. The molecule has 0 unspecified atom stereocenters. The van der Waals surface area contributed by atoms with Crippen molar-refractivity contribution >= 4 is 35.2 Å². The van der Waals surface area contributed by atoms with Crippen LogP contribution in [-0.4, -0.2) is 40.9 Å². The minimum absolute atomic E-state index is 0.0459. The zero-order valence-corrected chi connectivity index (χ0v) is 14.1. The number of hydrogen-bond donors (Lipinski definition) is 0. The second-order valence-electron chi connectivity index (χ2n) is 5.47. The number of nitrogens with zero attached hydrogens (tertiary/aromatic N) is 2. The third kappa shape index (κ3) is 5.15. The molecular formula is C17H17ClN2O5. The van der Waals surface area contributed by atoms with Gasteiger partial charge in [-0.1, -0.05) is 24.2 Å². The molecule has 25 heavy (non-hydrogen) atoms. The molecule has 0 saturated carbocycles. The fourth-order valence-corrected chi connectivity index (χ4v) is 2.64. The molecule has 1 heterocycles. The summed E-state index contributed by atoms with van der Waals surface area (Å²) in [6.45, 7) is 4.29. The second kappa shape index (κ2) is 8.43. The van der Waals surface area contributed by atoms with Gasteiger partial charge in [0.1, 0.15) is 11.1 Å². The second-order valence-corrected chi connectivity index (χ2v) is 5.87. The van der Waals surface area contributed by atoms with Gasteiger partial charge in [0.05, 0.1) is 4.92 Å². The third-order valence-corrected chi connectivity index (χ3v) is 4.11. The lowest BCUT2D eigenvalue weighted by Crippen LogP contribution is -2.40. The Labute approximate surface area is 149 Å². The van der Waals surface area contributed by atoms with E-state index in [1.54, 1.807) is 11.0 Å². The van der Waals surface area contributed by atoms with Crippen LogP contribution in [0.3, 0.4) is 0 Å². The maximum absolute atomic E-state index is 12.2. The normalized spacial score (nSPS) is 15.2. The van der Waals surface area contributed by atoms with Crippen molar-refractivity contribution in [3.63, 3.8) is 0 Å². The van der Waals surface area contributed by atoms with Gasteiger partial charge in [-0.2, -0.15) is 0 Å². The van der Waals surface area contributed by atoms with E-state index < -0.39 is 10.9 Å². The highest BCUT2D eigenvalue weighted by Gasteiger charge is 2.23. The van der Waals surface area contributed by atoms with Crippen LogP contribution in [0.25, 0.3) is 6.08 Å². The summed E-state index contributed by atoms with van der Waals surface area (Å²) in [5.41, 5.74) is 0.306. The summed E-state index contributed by atoms with van der Waals surface area (Å²) in [5, 5.41) is 10.9. The Bertz CT molecular complexity index is 724.